The predicted molar refractivity (Wildman–Crippen MR) is 125 cm³/mol. The van der Waals surface area contributed by atoms with Crippen molar-refractivity contribution in [3.05, 3.63) is 53.9 Å². The molecule has 0 bridgehead atoms. The molecule has 1 saturated carbocycles. The first-order chi connectivity index (χ1) is 15.5. The summed E-state index contributed by atoms with van der Waals surface area (Å²) < 4.78 is 1.86. The second kappa shape index (κ2) is 8.11. The number of imidazole rings is 1. The summed E-state index contributed by atoms with van der Waals surface area (Å²) >= 11 is 0. The van der Waals surface area contributed by atoms with Crippen molar-refractivity contribution >= 4 is 17.2 Å². The first kappa shape index (κ1) is 20.2. The van der Waals surface area contributed by atoms with Crippen LogP contribution in [0.15, 0.2) is 42.7 Å². The summed E-state index contributed by atoms with van der Waals surface area (Å²) in [6, 6.07) is 10.1. The molecule has 3 N–H and O–H groups in total. The summed E-state index contributed by atoms with van der Waals surface area (Å²) in [6.07, 6.45) is 5.69. The minimum Gasteiger partial charge on any atom is -0.382 e. The van der Waals surface area contributed by atoms with E-state index in [-0.39, 0.29) is 5.91 Å². The fraction of sp³-hybridized carbons (Fsp3) is 0.333. The third-order valence-corrected chi connectivity index (χ3v) is 5.62. The predicted octanol–water partition coefficient (Wildman–Crippen LogP) is 4.05. The van der Waals surface area contributed by atoms with Gasteiger partial charge in [0.2, 0.25) is 0 Å². The number of anilines is 1. The molecule has 0 radical (unpaired) electrons. The molecule has 4 aromatic rings. The van der Waals surface area contributed by atoms with E-state index in [4.69, 9.17) is 5.10 Å². The SMILES string of the molecule is Cc1cc(-c2cnc3c(NCC(C)C)cc(-c4ccn[nH]4)nn23)ccc1C(=O)NC1CC1. The number of nitrogens with one attached hydrogen (secondary N) is 3. The molecule has 0 spiro atoms. The van der Waals surface area contributed by atoms with Crippen LogP contribution < -0.4 is 10.6 Å². The first-order valence-electron chi connectivity index (χ1n) is 11.0. The van der Waals surface area contributed by atoms with E-state index in [9.17, 15) is 4.79 Å². The Balaban J connectivity index is 1.56. The first-order valence-corrected chi connectivity index (χ1v) is 11.0. The number of rotatable bonds is 7. The highest BCUT2D eigenvalue weighted by molar-refractivity contribution is 5.96. The summed E-state index contributed by atoms with van der Waals surface area (Å²) in [5.74, 6) is 0.486. The quantitative estimate of drug-likeness (QED) is 0.411. The minimum absolute atomic E-state index is 0.00507. The van der Waals surface area contributed by atoms with Crippen molar-refractivity contribution in [2.45, 2.75) is 39.7 Å². The Morgan fingerprint density at radius 3 is 2.78 bits per heavy atom. The average molecular weight is 430 g/mol. The van der Waals surface area contributed by atoms with Crippen molar-refractivity contribution in [3.63, 3.8) is 0 Å². The van der Waals surface area contributed by atoms with E-state index >= 15 is 0 Å². The summed E-state index contributed by atoms with van der Waals surface area (Å²) in [5, 5.41) is 18.5. The van der Waals surface area contributed by atoms with Gasteiger partial charge in [0.25, 0.3) is 5.91 Å². The number of aryl methyl sites for hydroxylation is 1. The highest BCUT2D eigenvalue weighted by Gasteiger charge is 2.24. The van der Waals surface area contributed by atoms with Crippen LogP contribution in [0.4, 0.5) is 5.69 Å². The van der Waals surface area contributed by atoms with E-state index in [1.54, 1.807) is 6.20 Å². The zero-order valence-corrected chi connectivity index (χ0v) is 18.5. The van der Waals surface area contributed by atoms with Crippen LogP contribution in [0.5, 0.6) is 0 Å². The molecule has 1 aliphatic rings. The van der Waals surface area contributed by atoms with Crippen molar-refractivity contribution in [1.82, 2.24) is 30.1 Å². The van der Waals surface area contributed by atoms with Crippen LogP contribution in [0, 0.1) is 12.8 Å². The molecule has 3 heterocycles. The largest absolute Gasteiger partial charge is 0.382 e. The van der Waals surface area contributed by atoms with Crippen LogP contribution in [0.1, 0.15) is 42.6 Å². The molecule has 1 fully saturated rings. The number of aromatic amines is 1. The van der Waals surface area contributed by atoms with Crippen molar-refractivity contribution in [1.29, 1.82) is 0 Å². The molecule has 1 amide bonds. The van der Waals surface area contributed by atoms with Gasteiger partial charge in [0, 0.05) is 29.9 Å². The van der Waals surface area contributed by atoms with Gasteiger partial charge >= 0.3 is 0 Å². The third kappa shape index (κ3) is 3.95. The van der Waals surface area contributed by atoms with E-state index in [0.717, 1.165) is 58.9 Å². The highest BCUT2D eigenvalue weighted by atomic mass is 16.1. The van der Waals surface area contributed by atoms with Crippen LogP contribution >= 0.6 is 0 Å². The van der Waals surface area contributed by atoms with Gasteiger partial charge in [-0.1, -0.05) is 19.9 Å². The van der Waals surface area contributed by atoms with Crippen LogP contribution in [-0.4, -0.2) is 43.3 Å². The Hall–Kier alpha value is -3.68. The number of H-pyrrole nitrogens is 1. The number of hydrogen-bond donors (Lipinski definition) is 3. The van der Waals surface area contributed by atoms with E-state index in [1.165, 1.54) is 0 Å². The Labute approximate surface area is 186 Å². The number of carbonyl (C=O) groups is 1. The lowest BCUT2D eigenvalue weighted by atomic mass is 10.0. The van der Waals surface area contributed by atoms with Gasteiger partial charge in [-0.3, -0.25) is 9.89 Å². The lowest BCUT2D eigenvalue weighted by molar-refractivity contribution is 0.0950. The maximum absolute atomic E-state index is 12.5. The zero-order chi connectivity index (χ0) is 22.2. The number of benzene rings is 1. The number of amides is 1. The van der Waals surface area contributed by atoms with E-state index in [1.807, 2.05) is 48.0 Å². The molecule has 0 unspecified atom stereocenters. The van der Waals surface area contributed by atoms with Gasteiger partial charge in [-0.2, -0.15) is 10.2 Å². The maximum Gasteiger partial charge on any atom is 0.251 e. The molecule has 1 aliphatic carbocycles. The summed E-state index contributed by atoms with van der Waals surface area (Å²) in [4.78, 5) is 17.2. The van der Waals surface area contributed by atoms with Crippen LogP contribution in [0.3, 0.4) is 0 Å². The normalized spacial score (nSPS) is 13.6. The van der Waals surface area contributed by atoms with Crippen molar-refractivity contribution in [2.75, 3.05) is 11.9 Å². The lowest BCUT2D eigenvalue weighted by Gasteiger charge is -2.12. The van der Waals surface area contributed by atoms with Crippen LogP contribution in [0.2, 0.25) is 0 Å². The van der Waals surface area contributed by atoms with Gasteiger partial charge in [0.05, 0.1) is 23.3 Å². The van der Waals surface area contributed by atoms with Crippen molar-refractivity contribution in [2.24, 2.45) is 5.92 Å². The van der Waals surface area contributed by atoms with Gasteiger partial charge in [-0.25, -0.2) is 9.50 Å². The van der Waals surface area contributed by atoms with E-state index in [2.05, 4.69) is 39.7 Å². The summed E-state index contributed by atoms with van der Waals surface area (Å²) in [7, 11) is 0. The Morgan fingerprint density at radius 2 is 2.09 bits per heavy atom. The molecule has 8 nitrogen and oxygen atoms in total. The van der Waals surface area contributed by atoms with Crippen LogP contribution in [-0.2, 0) is 0 Å². The standard InChI is InChI=1S/C24H27N7O/c1-14(2)12-25-21-11-20(19-8-9-27-29-19)30-31-22(13-26-23(21)31)16-4-7-18(15(3)10-16)24(32)28-17-5-6-17/h4,7-11,13-14,17,25H,5-6,12H2,1-3H3,(H,27,29)(H,28,32). The third-order valence-electron chi connectivity index (χ3n) is 5.62. The number of fused-ring (bicyclic) bond motifs is 1. The second-order valence-electron chi connectivity index (χ2n) is 8.84. The Morgan fingerprint density at radius 1 is 1.25 bits per heavy atom. The maximum atomic E-state index is 12.5. The fourth-order valence-corrected chi connectivity index (χ4v) is 3.71. The number of nitrogens with zero attached hydrogens (tertiary/aromatic N) is 4. The smallest absolute Gasteiger partial charge is 0.251 e. The van der Waals surface area contributed by atoms with Gasteiger partial charge < -0.3 is 10.6 Å². The van der Waals surface area contributed by atoms with Gasteiger partial charge in [0.1, 0.15) is 5.69 Å². The molecule has 32 heavy (non-hydrogen) atoms. The van der Waals surface area contributed by atoms with Crippen molar-refractivity contribution < 1.29 is 4.79 Å². The molecule has 0 aliphatic heterocycles. The molecular formula is C24H27N7O. The molecule has 3 aromatic heterocycles. The van der Waals surface area contributed by atoms with Gasteiger partial charge in [-0.15, -0.1) is 0 Å². The lowest BCUT2D eigenvalue weighted by Crippen LogP contribution is -2.26. The molecule has 8 heteroatoms. The number of carbonyl (C=O) groups excluding carboxylic acids is 1. The van der Waals surface area contributed by atoms with Gasteiger partial charge in [-0.05, 0) is 55.5 Å². The highest BCUT2D eigenvalue weighted by Crippen LogP contribution is 2.29. The van der Waals surface area contributed by atoms with Crippen molar-refractivity contribution in [3.8, 4) is 22.6 Å². The topological polar surface area (TPSA) is 100 Å². The monoisotopic (exact) mass is 429 g/mol. The minimum atomic E-state index is -0.00507. The average Bonchev–Trinajstić information content (AvgIpc) is 3.25. The fourth-order valence-electron chi connectivity index (χ4n) is 3.71. The summed E-state index contributed by atoms with van der Waals surface area (Å²) in [6.45, 7) is 7.13. The Kier molecular flexibility index (Phi) is 5.13. The molecular weight excluding hydrogens is 402 g/mol. The molecule has 1 aromatic carbocycles. The number of hydrogen-bond acceptors (Lipinski definition) is 5. The zero-order valence-electron chi connectivity index (χ0n) is 18.5. The molecule has 164 valence electrons. The second-order valence-corrected chi connectivity index (χ2v) is 8.84. The van der Waals surface area contributed by atoms with E-state index < -0.39 is 0 Å². The number of aromatic nitrogens is 5. The summed E-state index contributed by atoms with van der Waals surface area (Å²) in [5.41, 5.74) is 6.76. The van der Waals surface area contributed by atoms with Crippen LogP contribution in [0.25, 0.3) is 28.3 Å². The molecule has 0 atom stereocenters. The Bertz CT molecular complexity index is 1270. The molecule has 0 saturated heterocycles. The molecule has 5 rings (SSSR count). The van der Waals surface area contributed by atoms with Gasteiger partial charge in [0.15, 0.2) is 5.65 Å². The van der Waals surface area contributed by atoms with E-state index in [0.29, 0.717) is 17.5 Å².